The highest BCUT2D eigenvalue weighted by molar-refractivity contribution is 7.17. The van der Waals surface area contributed by atoms with Crippen LogP contribution in [0.4, 0.5) is 0 Å². The lowest BCUT2D eigenvalue weighted by Crippen LogP contribution is -2.03. The van der Waals surface area contributed by atoms with Crippen LogP contribution in [0.25, 0.3) is 10.1 Å². The van der Waals surface area contributed by atoms with Gasteiger partial charge in [0.15, 0.2) is 0 Å². The summed E-state index contributed by atoms with van der Waals surface area (Å²) in [6.07, 6.45) is 1.78. The predicted molar refractivity (Wildman–Crippen MR) is 68.5 cm³/mol. The van der Waals surface area contributed by atoms with Crippen molar-refractivity contribution in [3.63, 3.8) is 0 Å². The number of carbonyl (C=O) groups excluding carboxylic acids is 1. The third kappa shape index (κ3) is 1.66. The molecule has 1 aromatic carbocycles. The highest BCUT2D eigenvalue weighted by Crippen LogP contribution is 2.26. The molecule has 0 spiro atoms. The van der Waals surface area contributed by atoms with Crippen LogP contribution >= 0.6 is 11.3 Å². The summed E-state index contributed by atoms with van der Waals surface area (Å²) in [6, 6.07) is 9.55. The summed E-state index contributed by atoms with van der Waals surface area (Å²) in [4.78, 5) is 12.3. The summed E-state index contributed by atoms with van der Waals surface area (Å²) < 4.78 is 2.67. The number of aryl methyl sites for hydroxylation is 1. The zero-order valence-electron chi connectivity index (χ0n) is 9.25. The number of aromatic nitrogens is 2. The highest BCUT2D eigenvalue weighted by Gasteiger charge is 2.15. The summed E-state index contributed by atoms with van der Waals surface area (Å²) in [5, 5.41) is 7.26. The van der Waals surface area contributed by atoms with Gasteiger partial charge in [0.2, 0.25) is 5.78 Å². The van der Waals surface area contributed by atoms with E-state index < -0.39 is 0 Å². The van der Waals surface area contributed by atoms with Crippen molar-refractivity contribution in [3.8, 4) is 0 Å². The van der Waals surface area contributed by atoms with Crippen LogP contribution in [0.3, 0.4) is 0 Å². The second-order valence-corrected chi connectivity index (χ2v) is 4.76. The first-order valence-corrected chi connectivity index (χ1v) is 6.14. The maximum atomic E-state index is 12.3. The summed E-state index contributed by atoms with van der Waals surface area (Å²) in [5.41, 5.74) is 1.23. The van der Waals surface area contributed by atoms with Crippen LogP contribution in [0, 0.1) is 0 Å². The molecular formula is C13H10N2OS. The lowest BCUT2D eigenvalue weighted by Gasteiger charge is -1.99. The molecule has 0 saturated carbocycles. The Labute approximate surface area is 102 Å². The molecule has 0 atom stereocenters. The van der Waals surface area contributed by atoms with Crippen molar-refractivity contribution in [2.24, 2.45) is 7.05 Å². The number of fused-ring (bicyclic) bond motifs is 1. The van der Waals surface area contributed by atoms with E-state index in [0.29, 0.717) is 5.69 Å². The normalized spacial score (nSPS) is 10.9. The van der Waals surface area contributed by atoms with Gasteiger partial charge in [-0.1, -0.05) is 12.1 Å². The zero-order valence-corrected chi connectivity index (χ0v) is 10.1. The molecule has 84 valence electrons. The van der Waals surface area contributed by atoms with Gasteiger partial charge in [-0.3, -0.25) is 9.48 Å². The third-order valence-corrected chi connectivity index (χ3v) is 3.63. The van der Waals surface area contributed by atoms with Gasteiger partial charge in [0.1, 0.15) is 5.69 Å². The van der Waals surface area contributed by atoms with E-state index in [0.717, 1.165) is 15.6 Å². The molecule has 0 unspecified atom stereocenters. The Morgan fingerprint density at radius 1 is 1.29 bits per heavy atom. The first kappa shape index (κ1) is 10.2. The maximum absolute atomic E-state index is 12.3. The maximum Gasteiger partial charge on any atom is 0.214 e. The van der Waals surface area contributed by atoms with E-state index in [-0.39, 0.29) is 5.78 Å². The summed E-state index contributed by atoms with van der Waals surface area (Å²) in [6.45, 7) is 0. The van der Waals surface area contributed by atoms with Crippen molar-refractivity contribution in [2.75, 3.05) is 0 Å². The van der Waals surface area contributed by atoms with Gasteiger partial charge in [-0.05, 0) is 29.0 Å². The van der Waals surface area contributed by atoms with Crippen LogP contribution in [-0.2, 0) is 7.05 Å². The summed E-state index contributed by atoms with van der Waals surface area (Å²) in [7, 11) is 1.81. The van der Waals surface area contributed by atoms with Crippen molar-refractivity contribution in [2.45, 2.75) is 0 Å². The van der Waals surface area contributed by atoms with Gasteiger partial charge < -0.3 is 0 Å². The number of hydrogen-bond donors (Lipinski definition) is 0. The number of thiophene rings is 1. The number of hydrogen-bond acceptors (Lipinski definition) is 3. The fraction of sp³-hybridized carbons (Fsp3) is 0.0769. The highest BCUT2D eigenvalue weighted by atomic mass is 32.1. The second kappa shape index (κ2) is 3.82. The molecule has 3 nitrogen and oxygen atoms in total. The molecule has 0 aliphatic rings. The van der Waals surface area contributed by atoms with E-state index in [2.05, 4.69) is 5.10 Å². The van der Waals surface area contributed by atoms with Crippen molar-refractivity contribution < 1.29 is 4.79 Å². The molecule has 0 aliphatic carbocycles. The molecule has 3 aromatic rings. The Balaban J connectivity index is 2.15. The molecule has 0 bridgehead atoms. The van der Waals surface area contributed by atoms with Gasteiger partial charge in [-0.15, -0.1) is 11.3 Å². The quantitative estimate of drug-likeness (QED) is 0.648. The Morgan fingerprint density at radius 2 is 2.18 bits per heavy atom. The van der Waals surface area contributed by atoms with E-state index in [4.69, 9.17) is 0 Å². The molecule has 0 radical (unpaired) electrons. The van der Waals surface area contributed by atoms with Gasteiger partial charge in [0.25, 0.3) is 0 Å². The predicted octanol–water partition coefficient (Wildman–Crippen LogP) is 2.87. The SMILES string of the molecule is Cn1ccc(C(=O)c2cccc3ccsc23)n1. The van der Waals surface area contributed by atoms with Crippen molar-refractivity contribution in [1.29, 1.82) is 0 Å². The molecule has 2 aromatic heterocycles. The fourth-order valence-electron chi connectivity index (χ4n) is 1.85. The molecule has 0 amide bonds. The van der Waals surface area contributed by atoms with Crippen LogP contribution in [0.5, 0.6) is 0 Å². The van der Waals surface area contributed by atoms with Crippen LogP contribution in [-0.4, -0.2) is 15.6 Å². The number of nitrogens with zero attached hydrogens (tertiary/aromatic N) is 2. The van der Waals surface area contributed by atoms with E-state index in [1.54, 1.807) is 28.3 Å². The molecular weight excluding hydrogens is 232 g/mol. The van der Waals surface area contributed by atoms with E-state index in [1.165, 1.54) is 0 Å². The van der Waals surface area contributed by atoms with E-state index in [9.17, 15) is 4.79 Å². The van der Waals surface area contributed by atoms with Crippen molar-refractivity contribution in [1.82, 2.24) is 9.78 Å². The molecule has 4 heteroatoms. The van der Waals surface area contributed by atoms with Gasteiger partial charge in [0.05, 0.1) is 0 Å². The fourth-order valence-corrected chi connectivity index (χ4v) is 2.76. The first-order chi connectivity index (χ1) is 8.25. The second-order valence-electron chi connectivity index (χ2n) is 3.85. The lowest BCUT2D eigenvalue weighted by atomic mass is 10.1. The molecule has 0 saturated heterocycles. The zero-order chi connectivity index (χ0) is 11.8. The largest absolute Gasteiger partial charge is 0.287 e. The van der Waals surface area contributed by atoms with Crippen LogP contribution in [0.2, 0.25) is 0 Å². The number of benzene rings is 1. The third-order valence-electron chi connectivity index (χ3n) is 2.67. The monoisotopic (exact) mass is 242 g/mol. The molecule has 2 heterocycles. The average Bonchev–Trinajstić information content (AvgIpc) is 2.95. The van der Waals surface area contributed by atoms with Crippen LogP contribution in [0.15, 0.2) is 41.9 Å². The summed E-state index contributed by atoms with van der Waals surface area (Å²) in [5.74, 6) is -0.0151. The summed E-state index contributed by atoms with van der Waals surface area (Å²) >= 11 is 1.59. The molecule has 0 N–H and O–H groups in total. The van der Waals surface area contributed by atoms with Crippen molar-refractivity contribution >= 4 is 27.2 Å². The van der Waals surface area contributed by atoms with E-state index >= 15 is 0 Å². The molecule has 0 fully saturated rings. The Bertz CT molecular complexity index is 696. The van der Waals surface area contributed by atoms with Gasteiger partial charge in [-0.25, -0.2) is 0 Å². The number of rotatable bonds is 2. The molecule has 0 aliphatic heterocycles. The molecule has 17 heavy (non-hydrogen) atoms. The minimum absolute atomic E-state index is 0.0151. The van der Waals surface area contributed by atoms with Gasteiger partial charge in [-0.2, -0.15) is 5.10 Å². The number of carbonyl (C=O) groups is 1. The van der Waals surface area contributed by atoms with Crippen molar-refractivity contribution in [3.05, 3.63) is 53.2 Å². The van der Waals surface area contributed by atoms with E-state index in [1.807, 2.05) is 36.7 Å². The van der Waals surface area contributed by atoms with Gasteiger partial charge in [0, 0.05) is 23.5 Å². The first-order valence-electron chi connectivity index (χ1n) is 5.26. The smallest absolute Gasteiger partial charge is 0.214 e. The van der Waals surface area contributed by atoms with Crippen LogP contribution < -0.4 is 0 Å². The standard InChI is InChI=1S/C13H10N2OS/c1-15-7-5-11(14-15)12(16)10-4-2-3-9-6-8-17-13(9)10/h2-8H,1H3. The Morgan fingerprint density at radius 3 is 2.94 bits per heavy atom. The number of ketones is 1. The molecule has 3 rings (SSSR count). The minimum atomic E-state index is -0.0151. The topological polar surface area (TPSA) is 34.9 Å². The Kier molecular flexibility index (Phi) is 2.30. The van der Waals surface area contributed by atoms with Crippen LogP contribution in [0.1, 0.15) is 16.1 Å². The van der Waals surface area contributed by atoms with Gasteiger partial charge >= 0.3 is 0 Å². The Hall–Kier alpha value is -1.94. The lowest BCUT2D eigenvalue weighted by molar-refractivity contribution is 0.103. The average molecular weight is 242 g/mol. The minimum Gasteiger partial charge on any atom is -0.287 e.